The fourth-order valence-corrected chi connectivity index (χ4v) is 9.55. The van der Waals surface area contributed by atoms with Crippen molar-refractivity contribution >= 4 is 29.1 Å². The number of carbonyl (C=O) groups is 3. The SMILES string of the molecule is NC(N)=C(/C=C(\N)c1ccccc1O)N1CC2CCC(C1)N2c1cccc(OCCN2CCN(C(=O)CN3CCC(c4ccc(OC5CCC(=O)NC5=O)cc4)CC3)CC2)c1. The number of piperazine rings is 2. The Labute approximate surface area is 357 Å². The second kappa shape index (κ2) is 18.8. The minimum absolute atomic E-state index is 0.108. The lowest BCUT2D eigenvalue weighted by atomic mass is 9.89. The molecule has 8 rings (SSSR count). The zero-order valence-electron chi connectivity index (χ0n) is 34.8. The average molecular weight is 834 g/mol. The Morgan fingerprint density at radius 3 is 2.20 bits per heavy atom. The number of ether oxygens (including phenoxy) is 2. The number of hydrogen-bond acceptors (Lipinski definition) is 13. The Morgan fingerprint density at radius 2 is 1.51 bits per heavy atom. The number of nitrogens with two attached hydrogens (primary N) is 3. The number of para-hydroxylation sites is 1. The smallest absolute Gasteiger partial charge is 0.267 e. The molecule has 0 spiro atoms. The zero-order valence-corrected chi connectivity index (χ0v) is 34.8. The summed E-state index contributed by atoms with van der Waals surface area (Å²) in [6.45, 7) is 8.13. The summed E-state index contributed by atoms with van der Waals surface area (Å²) in [5.41, 5.74) is 22.8. The molecule has 2 bridgehead atoms. The maximum absolute atomic E-state index is 13.3. The molecule has 324 valence electrons. The van der Waals surface area contributed by atoms with E-state index in [1.54, 1.807) is 24.3 Å². The quantitative estimate of drug-likeness (QED) is 0.125. The Bertz CT molecular complexity index is 2090. The van der Waals surface area contributed by atoms with E-state index in [9.17, 15) is 19.5 Å². The van der Waals surface area contributed by atoms with Crippen molar-refractivity contribution in [1.82, 2.24) is 24.9 Å². The van der Waals surface area contributed by atoms with Gasteiger partial charge in [0, 0.05) is 93.8 Å². The van der Waals surface area contributed by atoms with Gasteiger partial charge in [0.05, 0.1) is 12.2 Å². The highest BCUT2D eigenvalue weighted by Crippen LogP contribution is 2.38. The third-order valence-electron chi connectivity index (χ3n) is 12.9. The van der Waals surface area contributed by atoms with E-state index in [4.69, 9.17) is 26.7 Å². The monoisotopic (exact) mass is 833 g/mol. The van der Waals surface area contributed by atoms with E-state index in [2.05, 4.69) is 55.2 Å². The number of amides is 3. The number of likely N-dealkylation sites (tertiary alicyclic amines) is 2. The maximum atomic E-state index is 13.3. The molecule has 5 aliphatic heterocycles. The van der Waals surface area contributed by atoms with Crippen molar-refractivity contribution in [3.05, 3.63) is 102 Å². The highest BCUT2D eigenvalue weighted by Gasteiger charge is 2.41. The molecular formula is C46H59N9O6. The lowest BCUT2D eigenvalue weighted by molar-refractivity contribution is -0.139. The van der Waals surface area contributed by atoms with Gasteiger partial charge in [0.25, 0.3) is 5.91 Å². The van der Waals surface area contributed by atoms with Gasteiger partial charge in [-0.1, -0.05) is 30.3 Å². The van der Waals surface area contributed by atoms with Gasteiger partial charge in [0.1, 0.15) is 29.7 Å². The fraction of sp³-hybridized carbons (Fsp3) is 0.457. The third-order valence-corrected chi connectivity index (χ3v) is 12.9. The van der Waals surface area contributed by atoms with E-state index in [1.165, 1.54) is 5.56 Å². The van der Waals surface area contributed by atoms with Gasteiger partial charge in [-0.25, -0.2) is 0 Å². The van der Waals surface area contributed by atoms with Gasteiger partial charge in [0.2, 0.25) is 11.8 Å². The number of phenolic OH excluding ortho intramolecular Hbond substituents is 1. The lowest BCUT2D eigenvalue weighted by Crippen LogP contribution is -2.53. The van der Waals surface area contributed by atoms with Crippen LogP contribution in [-0.2, 0) is 14.4 Å². The molecule has 3 atom stereocenters. The van der Waals surface area contributed by atoms with Crippen molar-refractivity contribution in [1.29, 1.82) is 0 Å². The summed E-state index contributed by atoms with van der Waals surface area (Å²) in [5, 5.41) is 12.7. The van der Waals surface area contributed by atoms with E-state index in [0.717, 1.165) is 96.0 Å². The van der Waals surface area contributed by atoms with Crippen molar-refractivity contribution < 1.29 is 29.0 Å². The van der Waals surface area contributed by atoms with E-state index in [-0.39, 0.29) is 47.8 Å². The van der Waals surface area contributed by atoms with Crippen molar-refractivity contribution in [2.24, 2.45) is 17.2 Å². The first-order valence-electron chi connectivity index (χ1n) is 21.7. The van der Waals surface area contributed by atoms with Gasteiger partial charge in [-0.2, -0.15) is 0 Å². The van der Waals surface area contributed by atoms with Crippen LogP contribution in [0.1, 0.15) is 55.6 Å². The van der Waals surface area contributed by atoms with Gasteiger partial charge in [-0.3, -0.25) is 29.5 Å². The molecule has 0 aliphatic carbocycles. The molecule has 8 N–H and O–H groups in total. The second-order valence-electron chi connectivity index (χ2n) is 16.9. The van der Waals surface area contributed by atoms with Crippen LogP contribution in [0.25, 0.3) is 5.70 Å². The normalized spacial score (nSPS) is 22.9. The first-order chi connectivity index (χ1) is 29.6. The van der Waals surface area contributed by atoms with Crippen LogP contribution >= 0.6 is 0 Å². The van der Waals surface area contributed by atoms with E-state index in [1.807, 2.05) is 29.2 Å². The Morgan fingerprint density at radius 1 is 0.787 bits per heavy atom. The summed E-state index contributed by atoms with van der Waals surface area (Å²) in [4.78, 5) is 48.2. The molecule has 0 saturated carbocycles. The molecule has 5 aliphatic rings. The number of fused-ring (bicyclic) bond motifs is 2. The zero-order chi connectivity index (χ0) is 42.5. The van der Waals surface area contributed by atoms with Gasteiger partial charge in [0.15, 0.2) is 6.10 Å². The molecule has 3 amide bonds. The summed E-state index contributed by atoms with van der Waals surface area (Å²) in [7, 11) is 0. The van der Waals surface area contributed by atoms with Gasteiger partial charge in [-0.15, -0.1) is 0 Å². The van der Waals surface area contributed by atoms with Crippen LogP contribution in [0.15, 0.2) is 90.4 Å². The minimum Gasteiger partial charge on any atom is -0.507 e. The van der Waals surface area contributed by atoms with E-state index < -0.39 is 6.10 Å². The van der Waals surface area contributed by atoms with Gasteiger partial charge in [-0.05, 0) is 92.7 Å². The molecule has 15 nitrogen and oxygen atoms in total. The molecule has 61 heavy (non-hydrogen) atoms. The number of nitrogens with zero attached hydrogens (tertiary/aromatic N) is 5. The summed E-state index contributed by atoms with van der Waals surface area (Å²) in [5.74, 6) is 1.75. The molecule has 5 saturated heterocycles. The third kappa shape index (κ3) is 10.0. The molecule has 3 aromatic carbocycles. The van der Waals surface area contributed by atoms with Crippen LogP contribution in [-0.4, -0.2) is 133 Å². The molecule has 3 unspecified atom stereocenters. The number of phenols is 1. The van der Waals surface area contributed by atoms with Crippen LogP contribution in [0.3, 0.4) is 0 Å². The van der Waals surface area contributed by atoms with Crippen molar-refractivity contribution in [3.8, 4) is 17.2 Å². The predicted molar refractivity (Wildman–Crippen MR) is 233 cm³/mol. The topological polar surface area (TPSA) is 196 Å². The molecular weight excluding hydrogens is 775 g/mol. The molecule has 3 aromatic rings. The Kier molecular flexibility index (Phi) is 12.9. The number of hydrogen-bond donors (Lipinski definition) is 5. The van der Waals surface area contributed by atoms with E-state index in [0.29, 0.717) is 48.2 Å². The molecule has 15 heteroatoms. The van der Waals surface area contributed by atoms with Crippen LogP contribution in [0, 0.1) is 0 Å². The maximum Gasteiger partial charge on any atom is 0.267 e. The van der Waals surface area contributed by atoms with Crippen LogP contribution in [0.4, 0.5) is 5.69 Å². The van der Waals surface area contributed by atoms with Crippen molar-refractivity contribution in [2.75, 3.05) is 77.0 Å². The van der Waals surface area contributed by atoms with Crippen LogP contribution in [0.5, 0.6) is 17.2 Å². The highest BCUT2D eigenvalue weighted by atomic mass is 16.5. The first-order valence-corrected chi connectivity index (χ1v) is 21.7. The highest BCUT2D eigenvalue weighted by molar-refractivity contribution is 5.99. The lowest BCUT2D eigenvalue weighted by Gasteiger charge is -2.44. The van der Waals surface area contributed by atoms with Crippen molar-refractivity contribution in [3.63, 3.8) is 0 Å². The standard InChI is InChI=1S/C46H59N9O6/c47-39(38-6-1-2-7-41(38)56)27-40(45(48)49)54-28-34-10-11-35(29-54)55(34)33-4-3-5-37(26-33)60-25-24-51-20-22-53(23-21-51)44(58)30-52-18-16-32(17-19-52)31-8-12-36(13-9-31)61-42-14-15-43(57)50-46(42)59/h1-9,12-13,26-27,32,34-35,42,56H,10-11,14-25,28-30,47-49H2,(H,50,57,59)/b39-27-. The first kappa shape index (κ1) is 41.8. The summed E-state index contributed by atoms with van der Waals surface area (Å²) in [6, 6.07) is 23.8. The summed E-state index contributed by atoms with van der Waals surface area (Å²) in [6.07, 6.45) is 5.88. The average Bonchev–Trinajstić information content (AvgIpc) is 3.53. The van der Waals surface area contributed by atoms with Gasteiger partial charge < -0.3 is 46.5 Å². The number of anilines is 1. The molecule has 5 heterocycles. The summed E-state index contributed by atoms with van der Waals surface area (Å²) >= 11 is 0. The number of nitrogens with one attached hydrogen (secondary N) is 1. The molecule has 0 radical (unpaired) electrons. The number of aromatic hydroxyl groups is 1. The number of piperidine rings is 2. The Balaban J connectivity index is 0.746. The predicted octanol–water partition coefficient (Wildman–Crippen LogP) is 2.72. The van der Waals surface area contributed by atoms with Crippen LogP contribution in [0.2, 0.25) is 0 Å². The van der Waals surface area contributed by atoms with Gasteiger partial charge >= 0.3 is 0 Å². The van der Waals surface area contributed by atoms with E-state index >= 15 is 0 Å². The Hall–Kier alpha value is -5.93. The summed E-state index contributed by atoms with van der Waals surface area (Å²) < 4.78 is 12.1. The largest absolute Gasteiger partial charge is 0.507 e. The van der Waals surface area contributed by atoms with Crippen molar-refractivity contribution in [2.45, 2.75) is 62.6 Å². The molecule has 5 fully saturated rings. The second-order valence-corrected chi connectivity index (χ2v) is 16.9. The van der Waals surface area contributed by atoms with Crippen LogP contribution < -0.4 is 36.9 Å². The minimum atomic E-state index is -0.641. The number of carbonyl (C=O) groups excluding carboxylic acids is 3. The number of rotatable bonds is 13. The number of benzene rings is 3. The fourth-order valence-electron chi connectivity index (χ4n) is 9.55. The number of allylic oxidation sites excluding steroid dienone is 1. The molecule has 0 aromatic heterocycles. The number of imide groups is 1.